The lowest BCUT2D eigenvalue weighted by Gasteiger charge is -2.16. The number of benzene rings is 1. The van der Waals surface area contributed by atoms with Crippen LogP contribution in [-0.2, 0) is 4.79 Å². The highest BCUT2D eigenvalue weighted by Crippen LogP contribution is 2.31. The van der Waals surface area contributed by atoms with Gasteiger partial charge in [-0.25, -0.2) is 14.2 Å². The van der Waals surface area contributed by atoms with Gasteiger partial charge in [-0.15, -0.1) is 0 Å². The van der Waals surface area contributed by atoms with Crippen LogP contribution in [0.2, 0.25) is 0 Å². The van der Waals surface area contributed by atoms with E-state index in [1.54, 1.807) is 12.1 Å². The number of amides is 3. The molecule has 0 aliphatic heterocycles. The smallest absolute Gasteiger partial charge is 0.318 e. The first-order valence-electron chi connectivity index (χ1n) is 6.85. The van der Waals surface area contributed by atoms with Crippen LogP contribution in [0.15, 0.2) is 40.1 Å². The van der Waals surface area contributed by atoms with Crippen LogP contribution in [0.25, 0.3) is 11.3 Å². The average molecular weight is 337 g/mol. The third-order valence-electron chi connectivity index (χ3n) is 2.95. The van der Waals surface area contributed by atoms with E-state index in [0.717, 1.165) is 11.8 Å². The van der Waals surface area contributed by atoms with Crippen LogP contribution in [0.1, 0.15) is 13.8 Å². The Hall–Kier alpha value is -2.35. The van der Waals surface area contributed by atoms with E-state index < -0.39 is 17.2 Å². The fraction of sp³-hybridized carbons (Fsp3) is 0.267. The van der Waals surface area contributed by atoms with Crippen molar-refractivity contribution in [2.75, 3.05) is 0 Å². The highest BCUT2D eigenvalue weighted by atomic mass is 32.2. The summed E-state index contributed by atoms with van der Waals surface area (Å²) < 4.78 is 18.5. The van der Waals surface area contributed by atoms with Crippen LogP contribution in [0.4, 0.5) is 9.18 Å². The maximum absolute atomic E-state index is 12.9. The van der Waals surface area contributed by atoms with Crippen LogP contribution in [-0.4, -0.2) is 22.2 Å². The SMILES string of the molecule is CC(C)C(Sc1ncc(-c2ccc(F)cc2)o1)C(=O)NC(N)=O. The molecule has 0 spiro atoms. The number of thioether (sulfide) groups is 1. The van der Waals surface area contributed by atoms with Crippen LogP contribution < -0.4 is 11.1 Å². The Morgan fingerprint density at radius 1 is 1.30 bits per heavy atom. The van der Waals surface area contributed by atoms with Gasteiger partial charge in [-0.05, 0) is 30.2 Å². The van der Waals surface area contributed by atoms with E-state index in [0.29, 0.717) is 11.3 Å². The molecule has 6 nitrogen and oxygen atoms in total. The number of aromatic nitrogens is 1. The molecule has 0 aliphatic carbocycles. The van der Waals surface area contributed by atoms with Gasteiger partial charge in [0, 0.05) is 5.56 Å². The summed E-state index contributed by atoms with van der Waals surface area (Å²) in [5, 5.41) is 1.76. The van der Waals surface area contributed by atoms with Crippen molar-refractivity contribution in [1.29, 1.82) is 0 Å². The largest absolute Gasteiger partial charge is 0.431 e. The number of oxazole rings is 1. The highest BCUT2D eigenvalue weighted by molar-refractivity contribution is 8.00. The number of imide groups is 1. The van der Waals surface area contributed by atoms with Crippen LogP contribution >= 0.6 is 11.8 Å². The van der Waals surface area contributed by atoms with Gasteiger partial charge in [0.25, 0.3) is 5.22 Å². The number of rotatable bonds is 5. The van der Waals surface area contributed by atoms with Crippen molar-refractivity contribution in [3.05, 3.63) is 36.3 Å². The minimum absolute atomic E-state index is 0.0690. The Balaban J connectivity index is 2.14. The molecule has 122 valence electrons. The number of urea groups is 1. The van der Waals surface area contributed by atoms with Crippen LogP contribution in [0.5, 0.6) is 0 Å². The molecule has 3 amide bonds. The predicted octanol–water partition coefficient (Wildman–Crippen LogP) is 2.79. The van der Waals surface area contributed by atoms with Gasteiger partial charge in [0.05, 0.1) is 11.4 Å². The maximum Gasteiger partial charge on any atom is 0.318 e. The molecule has 23 heavy (non-hydrogen) atoms. The molecule has 0 bridgehead atoms. The second kappa shape index (κ2) is 7.28. The summed E-state index contributed by atoms with van der Waals surface area (Å²) in [6, 6.07) is 4.89. The van der Waals surface area contributed by atoms with Crippen LogP contribution in [0.3, 0.4) is 0 Å². The summed E-state index contributed by atoms with van der Waals surface area (Å²) in [7, 11) is 0. The summed E-state index contributed by atoms with van der Waals surface area (Å²) in [4.78, 5) is 26.9. The predicted molar refractivity (Wildman–Crippen MR) is 84.1 cm³/mol. The van der Waals surface area contributed by atoms with Gasteiger partial charge in [0.1, 0.15) is 5.82 Å². The summed E-state index contributed by atoms with van der Waals surface area (Å²) in [5.41, 5.74) is 5.64. The minimum atomic E-state index is -0.902. The second-order valence-electron chi connectivity index (χ2n) is 5.13. The third kappa shape index (κ3) is 4.56. The number of carbonyl (C=O) groups excluding carboxylic acids is 2. The molecule has 0 radical (unpaired) electrons. The first-order chi connectivity index (χ1) is 10.9. The number of nitrogens with zero attached hydrogens (tertiary/aromatic N) is 1. The average Bonchev–Trinajstić information content (AvgIpc) is 2.93. The lowest BCUT2D eigenvalue weighted by Crippen LogP contribution is -2.42. The molecule has 1 aromatic carbocycles. The van der Waals surface area contributed by atoms with E-state index in [2.05, 4.69) is 10.3 Å². The Morgan fingerprint density at radius 2 is 1.96 bits per heavy atom. The zero-order valence-corrected chi connectivity index (χ0v) is 13.4. The molecule has 1 atom stereocenters. The van der Waals surface area contributed by atoms with Gasteiger partial charge in [-0.1, -0.05) is 25.6 Å². The van der Waals surface area contributed by atoms with Crippen molar-refractivity contribution in [3.63, 3.8) is 0 Å². The zero-order valence-electron chi connectivity index (χ0n) is 12.6. The fourth-order valence-electron chi connectivity index (χ4n) is 1.85. The summed E-state index contributed by atoms with van der Waals surface area (Å²) in [6.45, 7) is 3.67. The van der Waals surface area contributed by atoms with Gasteiger partial charge in [-0.3, -0.25) is 10.1 Å². The lowest BCUT2D eigenvalue weighted by atomic mass is 10.1. The number of halogens is 1. The van der Waals surface area contributed by atoms with Gasteiger partial charge < -0.3 is 10.2 Å². The molecule has 0 aliphatic rings. The minimum Gasteiger partial charge on any atom is -0.431 e. The normalized spacial score (nSPS) is 12.2. The molecular weight excluding hydrogens is 321 g/mol. The highest BCUT2D eigenvalue weighted by Gasteiger charge is 2.26. The Bertz CT molecular complexity index is 700. The summed E-state index contributed by atoms with van der Waals surface area (Å²) >= 11 is 1.09. The van der Waals surface area contributed by atoms with Crippen molar-refractivity contribution in [1.82, 2.24) is 10.3 Å². The molecule has 0 fully saturated rings. The lowest BCUT2D eigenvalue weighted by molar-refractivity contribution is -0.120. The van der Waals surface area contributed by atoms with E-state index >= 15 is 0 Å². The molecule has 1 aromatic heterocycles. The Kier molecular flexibility index (Phi) is 5.38. The molecule has 2 rings (SSSR count). The van der Waals surface area contributed by atoms with Crippen molar-refractivity contribution in [2.24, 2.45) is 11.7 Å². The molecule has 1 heterocycles. The van der Waals surface area contributed by atoms with Gasteiger partial charge in [0.15, 0.2) is 5.76 Å². The van der Waals surface area contributed by atoms with Crippen LogP contribution in [0, 0.1) is 11.7 Å². The Morgan fingerprint density at radius 3 is 2.52 bits per heavy atom. The number of nitrogens with two attached hydrogens (primary N) is 1. The van der Waals surface area contributed by atoms with Gasteiger partial charge in [0.2, 0.25) is 5.91 Å². The summed E-state index contributed by atoms with van der Waals surface area (Å²) in [5.74, 6) is -0.448. The topological polar surface area (TPSA) is 98.2 Å². The standard InChI is InChI=1S/C15H16FN3O3S/c1-8(2)12(13(20)19-14(17)21)23-15-18-7-11(22-15)9-3-5-10(16)6-4-9/h3-8,12H,1-2H3,(H3,17,19,20,21). The van der Waals surface area contributed by atoms with E-state index in [4.69, 9.17) is 10.2 Å². The molecule has 8 heteroatoms. The fourth-order valence-corrected chi connectivity index (χ4v) is 2.76. The first kappa shape index (κ1) is 17.0. The Labute approximate surface area is 136 Å². The molecular formula is C15H16FN3O3S. The number of hydrogen-bond donors (Lipinski definition) is 2. The quantitative estimate of drug-likeness (QED) is 0.818. The number of nitrogens with one attached hydrogen (secondary N) is 1. The third-order valence-corrected chi connectivity index (χ3v) is 4.35. The van der Waals surface area contributed by atoms with E-state index in [1.807, 2.05) is 13.8 Å². The number of primary amides is 1. The van der Waals surface area contributed by atoms with Crippen molar-refractivity contribution in [2.45, 2.75) is 24.3 Å². The van der Waals surface area contributed by atoms with Crippen molar-refractivity contribution in [3.8, 4) is 11.3 Å². The van der Waals surface area contributed by atoms with Gasteiger partial charge >= 0.3 is 6.03 Å². The van der Waals surface area contributed by atoms with E-state index in [9.17, 15) is 14.0 Å². The maximum atomic E-state index is 12.9. The van der Waals surface area contributed by atoms with Crippen molar-refractivity contribution >= 4 is 23.7 Å². The molecule has 3 N–H and O–H groups in total. The molecule has 0 saturated carbocycles. The molecule has 2 aromatic rings. The molecule has 0 saturated heterocycles. The van der Waals surface area contributed by atoms with Gasteiger partial charge in [-0.2, -0.15) is 0 Å². The van der Waals surface area contributed by atoms with Crippen molar-refractivity contribution < 1.29 is 18.4 Å². The van der Waals surface area contributed by atoms with E-state index in [1.165, 1.54) is 18.3 Å². The van der Waals surface area contributed by atoms with E-state index in [-0.39, 0.29) is 17.0 Å². The zero-order chi connectivity index (χ0) is 17.0. The monoisotopic (exact) mass is 337 g/mol. The number of hydrogen-bond acceptors (Lipinski definition) is 5. The summed E-state index contributed by atoms with van der Waals surface area (Å²) in [6.07, 6.45) is 1.50. The second-order valence-corrected chi connectivity index (χ2v) is 6.23. The number of carbonyl (C=O) groups is 2. The molecule has 1 unspecified atom stereocenters. The first-order valence-corrected chi connectivity index (χ1v) is 7.73.